The van der Waals surface area contributed by atoms with Crippen molar-refractivity contribution in [1.29, 1.82) is 0 Å². The number of rotatable bonds is 3. The van der Waals surface area contributed by atoms with Gasteiger partial charge in [0.1, 0.15) is 0 Å². The van der Waals surface area contributed by atoms with Gasteiger partial charge in [-0.1, -0.05) is 25.1 Å². The summed E-state index contributed by atoms with van der Waals surface area (Å²) in [6.07, 6.45) is 1.48. The van der Waals surface area contributed by atoms with Crippen LogP contribution in [0.1, 0.15) is 18.9 Å². The quantitative estimate of drug-likeness (QED) is 0.837. The van der Waals surface area contributed by atoms with Crippen LogP contribution in [0.15, 0.2) is 24.3 Å². The van der Waals surface area contributed by atoms with Gasteiger partial charge in [0.25, 0.3) is 0 Å². The molecule has 0 bridgehead atoms. The minimum atomic E-state index is 0.221. The summed E-state index contributed by atoms with van der Waals surface area (Å²) < 4.78 is 0. The molecule has 1 heterocycles. The van der Waals surface area contributed by atoms with Crippen molar-refractivity contribution >= 4 is 11.6 Å². The van der Waals surface area contributed by atoms with E-state index in [0.717, 1.165) is 18.7 Å². The van der Waals surface area contributed by atoms with Crippen molar-refractivity contribution in [1.82, 2.24) is 0 Å². The van der Waals surface area contributed by atoms with Crippen molar-refractivity contribution in [3.63, 3.8) is 0 Å². The van der Waals surface area contributed by atoms with Crippen molar-refractivity contribution in [2.24, 2.45) is 11.7 Å². The molecule has 1 atom stereocenters. The molecule has 0 saturated heterocycles. The van der Waals surface area contributed by atoms with Gasteiger partial charge < -0.3 is 10.6 Å². The Bertz CT molecular complexity index is 389. The van der Waals surface area contributed by atoms with E-state index in [-0.39, 0.29) is 5.91 Å². The molecule has 1 unspecified atom stereocenters. The first-order valence-electron chi connectivity index (χ1n) is 5.80. The van der Waals surface area contributed by atoms with Crippen molar-refractivity contribution in [3.8, 4) is 0 Å². The van der Waals surface area contributed by atoms with Gasteiger partial charge in [0.2, 0.25) is 5.91 Å². The van der Waals surface area contributed by atoms with E-state index in [1.54, 1.807) is 0 Å². The van der Waals surface area contributed by atoms with Crippen molar-refractivity contribution in [2.75, 3.05) is 18.0 Å². The number of nitrogens with zero attached hydrogens (tertiary/aromatic N) is 1. The van der Waals surface area contributed by atoms with Crippen LogP contribution in [0.5, 0.6) is 0 Å². The molecule has 2 rings (SSSR count). The largest absolute Gasteiger partial charge is 0.330 e. The molecule has 1 aromatic rings. The van der Waals surface area contributed by atoms with Gasteiger partial charge >= 0.3 is 0 Å². The van der Waals surface area contributed by atoms with Crippen LogP contribution in [0.4, 0.5) is 5.69 Å². The minimum absolute atomic E-state index is 0.221. The highest BCUT2D eigenvalue weighted by atomic mass is 16.2. The van der Waals surface area contributed by atoms with Crippen LogP contribution in [0, 0.1) is 5.92 Å². The number of hydrogen-bond donors (Lipinski definition) is 1. The number of benzene rings is 1. The molecule has 0 saturated carbocycles. The van der Waals surface area contributed by atoms with Crippen LogP contribution in [-0.2, 0) is 11.2 Å². The first-order chi connectivity index (χ1) is 7.72. The van der Waals surface area contributed by atoms with Crippen LogP contribution < -0.4 is 10.6 Å². The molecule has 16 heavy (non-hydrogen) atoms. The molecular weight excluding hydrogens is 200 g/mol. The highest BCUT2D eigenvalue weighted by Crippen LogP contribution is 2.27. The Morgan fingerprint density at radius 2 is 2.12 bits per heavy atom. The third kappa shape index (κ3) is 2.09. The van der Waals surface area contributed by atoms with Gasteiger partial charge in [-0.2, -0.15) is 0 Å². The zero-order valence-corrected chi connectivity index (χ0v) is 9.65. The van der Waals surface area contributed by atoms with Gasteiger partial charge in [0, 0.05) is 18.7 Å². The smallest absolute Gasteiger partial charge is 0.227 e. The number of para-hydroxylation sites is 1. The molecule has 0 radical (unpaired) electrons. The van der Waals surface area contributed by atoms with Crippen molar-refractivity contribution < 1.29 is 4.79 Å². The molecule has 0 aliphatic carbocycles. The Balaban J connectivity index is 2.26. The van der Waals surface area contributed by atoms with Gasteiger partial charge in [-0.25, -0.2) is 0 Å². The van der Waals surface area contributed by atoms with Crippen LogP contribution in [-0.4, -0.2) is 19.0 Å². The van der Waals surface area contributed by atoms with E-state index in [9.17, 15) is 4.79 Å². The number of amides is 1. The van der Waals surface area contributed by atoms with E-state index in [0.29, 0.717) is 18.9 Å². The SMILES string of the molecule is CC(CN)CN1C(=O)CCc2ccccc21. The Morgan fingerprint density at radius 1 is 1.38 bits per heavy atom. The fourth-order valence-corrected chi connectivity index (χ4v) is 2.08. The maximum atomic E-state index is 11.9. The van der Waals surface area contributed by atoms with Crippen LogP contribution in [0.2, 0.25) is 0 Å². The van der Waals surface area contributed by atoms with E-state index >= 15 is 0 Å². The lowest BCUT2D eigenvalue weighted by Crippen LogP contribution is -2.39. The predicted octanol–water partition coefficient (Wildman–Crippen LogP) is 1.56. The normalized spacial score (nSPS) is 17.1. The van der Waals surface area contributed by atoms with E-state index in [1.807, 2.05) is 23.1 Å². The van der Waals surface area contributed by atoms with Gasteiger partial charge in [0.15, 0.2) is 0 Å². The zero-order chi connectivity index (χ0) is 11.5. The first-order valence-corrected chi connectivity index (χ1v) is 5.80. The predicted molar refractivity (Wildman–Crippen MR) is 65.3 cm³/mol. The fourth-order valence-electron chi connectivity index (χ4n) is 2.08. The molecule has 1 aliphatic rings. The van der Waals surface area contributed by atoms with Crippen LogP contribution in [0.3, 0.4) is 0 Å². The lowest BCUT2D eigenvalue weighted by molar-refractivity contribution is -0.119. The maximum Gasteiger partial charge on any atom is 0.227 e. The monoisotopic (exact) mass is 218 g/mol. The second kappa shape index (κ2) is 4.66. The highest BCUT2D eigenvalue weighted by molar-refractivity contribution is 5.96. The highest BCUT2D eigenvalue weighted by Gasteiger charge is 2.24. The summed E-state index contributed by atoms with van der Waals surface area (Å²) >= 11 is 0. The second-order valence-corrected chi connectivity index (χ2v) is 4.47. The summed E-state index contributed by atoms with van der Waals surface area (Å²) in [4.78, 5) is 13.8. The Kier molecular flexibility index (Phi) is 3.25. The van der Waals surface area contributed by atoms with E-state index < -0.39 is 0 Å². The van der Waals surface area contributed by atoms with Crippen molar-refractivity contribution in [2.45, 2.75) is 19.8 Å². The Labute approximate surface area is 96.2 Å². The molecule has 1 aliphatic heterocycles. The third-order valence-corrected chi connectivity index (χ3v) is 3.09. The standard InChI is InChI=1S/C13H18N2O/c1-10(8-14)9-15-12-5-3-2-4-11(12)6-7-13(15)16/h2-5,10H,6-9,14H2,1H3. The Morgan fingerprint density at radius 3 is 2.88 bits per heavy atom. The topological polar surface area (TPSA) is 46.3 Å². The van der Waals surface area contributed by atoms with E-state index in [2.05, 4.69) is 13.0 Å². The lowest BCUT2D eigenvalue weighted by atomic mass is 10.00. The van der Waals surface area contributed by atoms with Crippen LogP contribution >= 0.6 is 0 Å². The number of hydrogen-bond acceptors (Lipinski definition) is 2. The zero-order valence-electron chi connectivity index (χ0n) is 9.65. The lowest BCUT2D eigenvalue weighted by Gasteiger charge is -2.31. The fraction of sp³-hybridized carbons (Fsp3) is 0.462. The molecule has 0 spiro atoms. The van der Waals surface area contributed by atoms with Gasteiger partial charge in [-0.15, -0.1) is 0 Å². The van der Waals surface area contributed by atoms with Gasteiger partial charge in [-0.3, -0.25) is 4.79 Å². The average Bonchev–Trinajstić information content (AvgIpc) is 2.32. The second-order valence-electron chi connectivity index (χ2n) is 4.47. The molecule has 0 fully saturated rings. The number of carbonyl (C=O) groups is 1. The summed E-state index contributed by atoms with van der Waals surface area (Å²) in [7, 11) is 0. The van der Waals surface area contributed by atoms with E-state index in [4.69, 9.17) is 5.73 Å². The van der Waals surface area contributed by atoms with Crippen molar-refractivity contribution in [3.05, 3.63) is 29.8 Å². The maximum absolute atomic E-state index is 11.9. The summed E-state index contributed by atoms with van der Waals surface area (Å²) in [6, 6.07) is 8.13. The summed E-state index contributed by atoms with van der Waals surface area (Å²) in [5.41, 5.74) is 7.95. The van der Waals surface area contributed by atoms with E-state index in [1.165, 1.54) is 5.56 Å². The molecule has 86 valence electrons. The summed E-state index contributed by atoms with van der Waals surface area (Å²) in [6.45, 7) is 3.42. The molecule has 0 aromatic heterocycles. The molecule has 3 nitrogen and oxygen atoms in total. The molecule has 1 amide bonds. The van der Waals surface area contributed by atoms with Gasteiger partial charge in [-0.05, 0) is 30.5 Å². The summed E-state index contributed by atoms with van der Waals surface area (Å²) in [5.74, 6) is 0.564. The summed E-state index contributed by atoms with van der Waals surface area (Å²) in [5, 5.41) is 0. The number of aryl methyl sites for hydroxylation is 1. The number of nitrogens with two attached hydrogens (primary N) is 1. The molecular formula is C13H18N2O. The number of carbonyl (C=O) groups excluding carboxylic acids is 1. The average molecular weight is 218 g/mol. The molecule has 3 heteroatoms. The molecule has 2 N–H and O–H groups in total. The number of fused-ring (bicyclic) bond motifs is 1. The minimum Gasteiger partial charge on any atom is -0.330 e. The third-order valence-electron chi connectivity index (χ3n) is 3.09. The van der Waals surface area contributed by atoms with Crippen LogP contribution in [0.25, 0.3) is 0 Å². The molecule has 1 aromatic carbocycles. The first kappa shape index (κ1) is 11.1. The Hall–Kier alpha value is -1.35. The van der Waals surface area contributed by atoms with Gasteiger partial charge in [0.05, 0.1) is 0 Å². The number of anilines is 1.